The number of aliphatic carboxylic acids is 1. The van der Waals surface area contributed by atoms with Crippen LogP contribution in [0, 0.1) is 4.91 Å². The van der Waals surface area contributed by atoms with Gasteiger partial charge in [0.05, 0.1) is 11.3 Å². The van der Waals surface area contributed by atoms with Crippen LogP contribution in [-0.4, -0.2) is 32.1 Å². The molecule has 2 aromatic heterocycles. The number of H-pyrrole nitrogens is 2. The standard InChI is InChI=1S/C21H18N4O3/c26-21(27)19-10-15-14-6-2-4-8-17(14)23-20(15)18(25(19)24-28)9-12-11-22-16-7-3-1-5-13(12)16/h1-8,11,18-19,22-23H,9-10H2,(H,26,27). The number of carboxylic acids is 1. The van der Waals surface area contributed by atoms with Gasteiger partial charge in [-0.1, -0.05) is 36.4 Å². The summed E-state index contributed by atoms with van der Waals surface area (Å²) in [6, 6.07) is 14.3. The van der Waals surface area contributed by atoms with E-state index in [0.717, 1.165) is 38.6 Å². The number of carboxylic acid groups (broad SMARTS) is 1. The number of carbonyl (C=O) groups is 1. The Morgan fingerprint density at radius 3 is 2.57 bits per heavy atom. The molecule has 3 heterocycles. The maximum Gasteiger partial charge on any atom is 0.328 e. The van der Waals surface area contributed by atoms with Crippen LogP contribution < -0.4 is 0 Å². The predicted octanol–water partition coefficient (Wildman–Crippen LogP) is 3.93. The van der Waals surface area contributed by atoms with Crippen LogP contribution >= 0.6 is 0 Å². The summed E-state index contributed by atoms with van der Waals surface area (Å²) in [5.41, 5.74) is 4.78. The third-order valence-corrected chi connectivity index (χ3v) is 5.68. The molecule has 0 fully saturated rings. The molecule has 28 heavy (non-hydrogen) atoms. The van der Waals surface area contributed by atoms with Gasteiger partial charge in [0, 0.05) is 46.5 Å². The fraction of sp³-hybridized carbons (Fsp3) is 0.190. The van der Waals surface area contributed by atoms with E-state index in [1.165, 1.54) is 5.01 Å². The zero-order chi connectivity index (χ0) is 19.3. The van der Waals surface area contributed by atoms with Crippen LogP contribution in [0.1, 0.15) is 22.9 Å². The van der Waals surface area contributed by atoms with Crippen molar-refractivity contribution >= 4 is 27.8 Å². The number of fused-ring (bicyclic) bond motifs is 4. The zero-order valence-corrected chi connectivity index (χ0v) is 14.9. The lowest BCUT2D eigenvalue weighted by Gasteiger charge is -2.35. The van der Waals surface area contributed by atoms with Crippen molar-refractivity contribution in [1.29, 1.82) is 0 Å². The van der Waals surface area contributed by atoms with Crippen LogP contribution in [0.25, 0.3) is 21.8 Å². The van der Waals surface area contributed by atoms with Crippen molar-refractivity contribution in [3.63, 3.8) is 0 Å². The molecule has 7 heteroatoms. The van der Waals surface area contributed by atoms with Crippen molar-refractivity contribution < 1.29 is 9.90 Å². The second-order valence-electron chi connectivity index (χ2n) is 7.16. The lowest BCUT2D eigenvalue weighted by molar-refractivity contribution is -0.145. The molecule has 2 aromatic carbocycles. The van der Waals surface area contributed by atoms with Crippen molar-refractivity contribution in [1.82, 2.24) is 15.0 Å². The van der Waals surface area contributed by atoms with Gasteiger partial charge in [0.25, 0.3) is 0 Å². The highest BCUT2D eigenvalue weighted by Gasteiger charge is 2.41. The molecule has 0 saturated heterocycles. The van der Waals surface area contributed by atoms with Crippen LogP contribution in [0.2, 0.25) is 0 Å². The number of aromatic amines is 2. The minimum atomic E-state index is -1.04. The van der Waals surface area contributed by atoms with Crippen LogP contribution in [0.5, 0.6) is 0 Å². The van der Waals surface area contributed by atoms with Crippen molar-refractivity contribution in [3.8, 4) is 0 Å². The number of nitroso groups, excluding NO2 is 1. The van der Waals surface area contributed by atoms with Gasteiger partial charge < -0.3 is 15.1 Å². The molecule has 7 nitrogen and oxygen atoms in total. The summed E-state index contributed by atoms with van der Waals surface area (Å²) in [4.78, 5) is 30.2. The molecule has 0 aliphatic carbocycles. The van der Waals surface area contributed by atoms with Gasteiger partial charge in [-0.15, -0.1) is 4.91 Å². The van der Waals surface area contributed by atoms with Crippen molar-refractivity contribution in [2.24, 2.45) is 5.29 Å². The first kappa shape index (κ1) is 16.6. The second-order valence-corrected chi connectivity index (χ2v) is 7.16. The van der Waals surface area contributed by atoms with E-state index in [1.807, 2.05) is 54.7 Å². The highest BCUT2D eigenvalue weighted by atomic mass is 16.4. The predicted molar refractivity (Wildman–Crippen MR) is 106 cm³/mol. The molecule has 0 saturated carbocycles. The van der Waals surface area contributed by atoms with Gasteiger partial charge in [-0.3, -0.25) is 0 Å². The van der Waals surface area contributed by atoms with Gasteiger partial charge in [-0.05, 0) is 23.3 Å². The number of hydrogen-bond donors (Lipinski definition) is 3. The highest BCUT2D eigenvalue weighted by molar-refractivity contribution is 5.87. The molecule has 140 valence electrons. The summed E-state index contributed by atoms with van der Waals surface area (Å²) in [7, 11) is 0. The van der Waals surface area contributed by atoms with Crippen molar-refractivity contribution in [3.05, 3.63) is 76.5 Å². The zero-order valence-electron chi connectivity index (χ0n) is 14.9. The lowest BCUT2D eigenvalue weighted by Crippen LogP contribution is -2.45. The highest BCUT2D eigenvalue weighted by Crippen LogP contribution is 2.40. The molecule has 0 bridgehead atoms. The summed E-state index contributed by atoms with van der Waals surface area (Å²) < 4.78 is 0. The van der Waals surface area contributed by atoms with E-state index in [1.54, 1.807) is 0 Å². The first-order chi connectivity index (χ1) is 13.7. The smallest absolute Gasteiger partial charge is 0.328 e. The van der Waals surface area contributed by atoms with Crippen LogP contribution in [-0.2, 0) is 17.6 Å². The van der Waals surface area contributed by atoms with E-state index in [2.05, 4.69) is 15.3 Å². The molecule has 0 amide bonds. The Morgan fingerprint density at radius 2 is 1.82 bits per heavy atom. The van der Waals surface area contributed by atoms with Gasteiger partial charge in [0.2, 0.25) is 0 Å². The fourth-order valence-corrected chi connectivity index (χ4v) is 4.38. The van der Waals surface area contributed by atoms with Crippen molar-refractivity contribution in [2.45, 2.75) is 24.9 Å². The number of hydrogen-bond acceptors (Lipinski definition) is 3. The molecule has 1 aliphatic heterocycles. The third kappa shape index (κ3) is 2.40. The molecule has 0 spiro atoms. The van der Waals surface area contributed by atoms with Crippen LogP contribution in [0.15, 0.2) is 60.0 Å². The van der Waals surface area contributed by atoms with E-state index in [-0.39, 0.29) is 6.42 Å². The number of benzene rings is 2. The number of nitrogens with one attached hydrogen (secondary N) is 2. The minimum Gasteiger partial charge on any atom is -0.480 e. The molecule has 4 aromatic rings. The molecule has 2 unspecified atom stereocenters. The Hall–Kier alpha value is -3.61. The Bertz CT molecular complexity index is 1210. The topological polar surface area (TPSA) is 102 Å². The third-order valence-electron chi connectivity index (χ3n) is 5.68. The van der Waals surface area contributed by atoms with Crippen LogP contribution in [0.3, 0.4) is 0 Å². The van der Waals surface area contributed by atoms with E-state index in [0.29, 0.717) is 6.42 Å². The van der Waals surface area contributed by atoms with Gasteiger partial charge in [-0.2, -0.15) is 0 Å². The van der Waals surface area contributed by atoms with E-state index >= 15 is 0 Å². The Morgan fingerprint density at radius 1 is 1.11 bits per heavy atom. The molecular formula is C21H18N4O3. The monoisotopic (exact) mass is 374 g/mol. The SMILES string of the molecule is O=NN1C(C(=O)O)Cc2c([nH]c3ccccc23)C1Cc1c[nH]c2ccccc12. The number of para-hydroxylation sites is 2. The van der Waals surface area contributed by atoms with E-state index in [9.17, 15) is 14.8 Å². The maximum atomic E-state index is 11.9. The minimum absolute atomic E-state index is 0.241. The van der Waals surface area contributed by atoms with E-state index in [4.69, 9.17) is 0 Å². The van der Waals surface area contributed by atoms with Gasteiger partial charge in [-0.25, -0.2) is 9.80 Å². The summed E-state index contributed by atoms with van der Waals surface area (Å²) in [6.45, 7) is 0. The van der Waals surface area contributed by atoms with Crippen molar-refractivity contribution in [2.75, 3.05) is 0 Å². The quantitative estimate of drug-likeness (QED) is 0.471. The normalized spacial score (nSPS) is 19.1. The molecule has 2 atom stereocenters. The lowest BCUT2D eigenvalue weighted by atomic mass is 9.90. The largest absolute Gasteiger partial charge is 0.480 e. The average molecular weight is 374 g/mol. The second kappa shape index (κ2) is 6.23. The van der Waals surface area contributed by atoms with E-state index < -0.39 is 18.1 Å². The maximum absolute atomic E-state index is 11.9. The van der Waals surface area contributed by atoms with Gasteiger partial charge >= 0.3 is 5.97 Å². The Balaban J connectivity index is 1.67. The molecule has 5 rings (SSSR count). The first-order valence-electron chi connectivity index (χ1n) is 9.16. The molecule has 3 N–H and O–H groups in total. The Labute approximate surface area is 159 Å². The van der Waals surface area contributed by atoms with Gasteiger partial charge in [0.15, 0.2) is 6.04 Å². The summed E-state index contributed by atoms with van der Waals surface area (Å²) in [5.74, 6) is -1.04. The first-order valence-corrected chi connectivity index (χ1v) is 9.16. The average Bonchev–Trinajstić information content (AvgIpc) is 3.29. The summed E-state index contributed by atoms with van der Waals surface area (Å²) in [6.07, 6.45) is 2.63. The Kier molecular flexibility index (Phi) is 3.68. The molecular weight excluding hydrogens is 356 g/mol. The summed E-state index contributed by atoms with van der Waals surface area (Å²) >= 11 is 0. The summed E-state index contributed by atoms with van der Waals surface area (Å²) in [5, 5.41) is 16.1. The van der Waals surface area contributed by atoms with Crippen LogP contribution in [0.4, 0.5) is 0 Å². The van der Waals surface area contributed by atoms with Gasteiger partial charge in [0.1, 0.15) is 0 Å². The molecule has 0 radical (unpaired) electrons. The number of nitrogens with zero attached hydrogens (tertiary/aromatic N) is 2. The molecule has 1 aliphatic rings. The fourth-order valence-electron chi connectivity index (χ4n) is 4.38. The number of aromatic nitrogens is 2. The number of rotatable bonds is 4.